The SMILES string of the molecule is Cc1ccccc1OC(C)C(=O)NNC(=O)c1ccc([N+](=O)[O-])cc1. The quantitative estimate of drug-likeness (QED) is 0.638. The highest BCUT2D eigenvalue weighted by atomic mass is 16.6. The first-order valence-electron chi connectivity index (χ1n) is 7.45. The molecule has 0 aliphatic carbocycles. The molecule has 0 saturated carbocycles. The number of rotatable bonds is 5. The summed E-state index contributed by atoms with van der Waals surface area (Å²) in [5.41, 5.74) is 5.44. The first-order chi connectivity index (χ1) is 11.9. The van der Waals surface area contributed by atoms with E-state index in [1.807, 2.05) is 19.1 Å². The van der Waals surface area contributed by atoms with E-state index < -0.39 is 22.8 Å². The Labute approximate surface area is 143 Å². The number of amides is 2. The Hall–Kier alpha value is -3.42. The van der Waals surface area contributed by atoms with Gasteiger partial charge in [-0.3, -0.25) is 30.6 Å². The van der Waals surface area contributed by atoms with Crippen LogP contribution in [0.2, 0.25) is 0 Å². The largest absolute Gasteiger partial charge is 0.481 e. The summed E-state index contributed by atoms with van der Waals surface area (Å²) in [4.78, 5) is 33.9. The number of para-hydroxylation sites is 1. The number of nitro groups is 1. The van der Waals surface area contributed by atoms with Crippen molar-refractivity contribution in [1.82, 2.24) is 10.9 Å². The molecule has 130 valence electrons. The number of benzene rings is 2. The van der Waals surface area contributed by atoms with Gasteiger partial charge in [-0.1, -0.05) is 18.2 Å². The van der Waals surface area contributed by atoms with Gasteiger partial charge in [0.15, 0.2) is 6.10 Å². The zero-order valence-corrected chi connectivity index (χ0v) is 13.7. The molecule has 0 aromatic heterocycles. The average molecular weight is 343 g/mol. The third-order valence-electron chi connectivity index (χ3n) is 3.41. The Morgan fingerprint density at radius 1 is 1.08 bits per heavy atom. The van der Waals surface area contributed by atoms with Crippen LogP contribution >= 0.6 is 0 Å². The van der Waals surface area contributed by atoms with E-state index in [-0.39, 0.29) is 11.3 Å². The van der Waals surface area contributed by atoms with E-state index in [0.29, 0.717) is 5.75 Å². The minimum Gasteiger partial charge on any atom is -0.481 e. The van der Waals surface area contributed by atoms with Crippen molar-refractivity contribution < 1.29 is 19.2 Å². The molecule has 2 rings (SSSR count). The fourth-order valence-electron chi connectivity index (χ4n) is 1.96. The van der Waals surface area contributed by atoms with Crippen molar-refractivity contribution in [3.63, 3.8) is 0 Å². The summed E-state index contributed by atoms with van der Waals surface area (Å²) < 4.78 is 5.55. The molecule has 0 fully saturated rings. The lowest BCUT2D eigenvalue weighted by atomic mass is 10.2. The van der Waals surface area contributed by atoms with E-state index in [2.05, 4.69) is 10.9 Å². The molecule has 2 aromatic rings. The van der Waals surface area contributed by atoms with Crippen LogP contribution in [0, 0.1) is 17.0 Å². The van der Waals surface area contributed by atoms with Crippen molar-refractivity contribution in [1.29, 1.82) is 0 Å². The van der Waals surface area contributed by atoms with Gasteiger partial charge in [0.1, 0.15) is 5.75 Å². The molecule has 0 spiro atoms. The molecule has 2 amide bonds. The van der Waals surface area contributed by atoms with Crippen LogP contribution in [-0.4, -0.2) is 22.8 Å². The summed E-state index contributed by atoms with van der Waals surface area (Å²) in [5, 5.41) is 10.6. The lowest BCUT2D eigenvalue weighted by molar-refractivity contribution is -0.384. The average Bonchev–Trinajstić information content (AvgIpc) is 2.61. The monoisotopic (exact) mass is 343 g/mol. The van der Waals surface area contributed by atoms with Crippen LogP contribution in [0.4, 0.5) is 5.69 Å². The summed E-state index contributed by atoms with van der Waals surface area (Å²) >= 11 is 0. The maximum absolute atomic E-state index is 12.0. The Balaban J connectivity index is 1.89. The standard InChI is InChI=1S/C17H17N3O5/c1-11-5-3-4-6-15(11)25-12(2)16(21)18-19-17(22)13-7-9-14(10-8-13)20(23)24/h3-10,12H,1-2H3,(H,18,21)(H,19,22). The van der Waals surface area contributed by atoms with Gasteiger partial charge in [0, 0.05) is 17.7 Å². The minimum absolute atomic E-state index is 0.124. The van der Waals surface area contributed by atoms with Crippen LogP contribution in [0.1, 0.15) is 22.8 Å². The topological polar surface area (TPSA) is 111 Å². The molecule has 25 heavy (non-hydrogen) atoms. The van der Waals surface area contributed by atoms with E-state index in [1.165, 1.54) is 24.3 Å². The molecule has 0 heterocycles. The summed E-state index contributed by atoms with van der Waals surface area (Å²) in [6.45, 7) is 3.41. The van der Waals surface area contributed by atoms with Crippen molar-refractivity contribution >= 4 is 17.5 Å². The molecule has 0 saturated heterocycles. The fourth-order valence-corrected chi connectivity index (χ4v) is 1.96. The molecule has 1 unspecified atom stereocenters. The molecule has 0 bridgehead atoms. The molecule has 2 aromatic carbocycles. The van der Waals surface area contributed by atoms with Gasteiger partial charge < -0.3 is 4.74 Å². The second-order valence-corrected chi connectivity index (χ2v) is 5.27. The first-order valence-corrected chi connectivity index (χ1v) is 7.45. The summed E-state index contributed by atoms with van der Waals surface area (Å²) in [7, 11) is 0. The number of ether oxygens (including phenoxy) is 1. The molecule has 8 nitrogen and oxygen atoms in total. The molecule has 1 atom stereocenters. The smallest absolute Gasteiger partial charge is 0.279 e. The number of carbonyl (C=O) groups excluding carboxylic acids is 2. The van der Waals surface area contributed by atoms with E-state index in [1.54, 1.807) is 19.1 Å². The Morgan fingerprint density at radius 3 is 2.32 bits per heavy atom. The minimum atomic E-state index is -0.821. The highest BCUT2D eigenvalue weighted by Crippen LogP contribution is 2.17. The molecule has 2 N–H and O–H groups in total. The van der Waals surface area contributed by atoms with E-state index >= 15 is 0 Å². The van der Waals surface area contributed by atoms with Crippen LogP contribution < -0.4 is 15.6 Å². The molecule has 0 radical (unpaired) electrons. The number of nitrogens with one attached hydrogen (secondary N) is 2. The first kappa shape index (κ1) is 17.9. The van der Waals surface area contributed by atoms with Gasteiger partial charge in [-0.15, -0.1) is 0 Å². The van der Waals surface area contributed by atoms with Gasteiger partial charge in [-0.25, -0.2) is 0 Å². The van der Waals surface area contributed by atoms with Crippen molar-refractivity contribution in [3.05, 3.63) is 69.8 Å². The highest BCUT2D eigenvalue weighted by molar-refractivity contribution is 5.95. The number of non-ortho nitro benzene ring substituents is 1. The van der Waals surface area contributed by atoms with E-state index in [9.17, 15) is 19.7 Å². The fraction of sp³-hybridized carbons (Fsp3) is 0.176. The lowest BCUT2D eigenvalue weighted by Crippen LogP contribution is -2.47. The molecular weight excluding hydrogens is 326 g/mol. The number of carbonyl (C=O) groups is 2. The second kappa shape index (κ2) is 7.91. The number of hydrogen-bond donors (Lipinski definition) is 2. The van der Waals surface area contributed by atoms with E-state index in [0.717, 1.165) is 5.56 Å². The summed E-state index contributed by atoms with van der Waals surface area (Å²) in [6.07, 6.45) is -0.821. The van der Waals surface area contributed by atoms with Gasteiger partial charge in [0.05, 0.1) is 4.92 Å². The van der Waals surface area contributed by atoms with Crippen LogP contribution in [-0.2, 0) is 4.79 Å². The predicted molar refractivity (Wildman–Crippen MR) is 90.0 cm³/mol. The highest BCUT2D eigenvalue weighted by Gasteiger charge is 2.17. The van der Waals surface area contributed by atoms with E-state index in [4.69, 9.17) is 4.74 Å². The third-order valence-corrected chi connectivity index (χ3v) is 3.41. The number of hydrogen-bond acceptors (Lipinski definition) is 5. The van der Waals surface area contributed by atoms with Gasteiger partial charge in [0.25, 0.3) is 17.5 Å². The van der Waals surface area contributed by atoms with Gasteiger partial charge in [-0.2, -0.15) is 0 Å². The van der Waals surface area contributed by atoms with Crippen LogP contribution in [0.3, 0.4) is 0 Å². The maximum Gasteiger partial charge on any atom is 0.279 e. The van der Waals surface area contributed by atoms with Crippen LogP contribution in [0.15, 0.2) is 48.5 Å². The zero-order chi connectivity index (χ0) is 18.4. The van der Waals surface area contributed by atoms with Gasteiger partial charge in [-0.05, 0) is 37.6 Å². The summed E-state index contributed by atoms with van der Waals surface area (Å²) in [5.74, 6) is -0.545. The third kappa shape index (κ3) is 4.77. The van der Waals surface area contributed by atoms with Gasteiger partial charge >= 0.3 is 0 Å². The number of nitrogens with zero attached hydrogens (tertiary/aromatic N) is 1. The molecule has 0 aliphatic rings. The summed E-state index contributed by atoms with van der Waals surface area (Å²) in [6, 6.07) is 12.3. The molecular formula is C17H17N3O5. The Kier molecular flexibility index (Phi) is 5.67. The van der Waals surface area contributed by atoms with Crippen LogP contribution in [0.25, 0.3) is 0 Å². The number of nitro benzene ring substituents is 1. The lowest BCUT2D eigenvalue weighted by Gasteiger charge is -2.16. The number of hydrazine groups is 1. The maximum atomic E-state index is 12.0. The van der Waals surface area contributed by atoms with Crippen molar-refractivity contribution in [3.8, 4) is 5.75 Å². The van der Waals surface area contributed by atoms with Crippen molar-refractivity contribution in [2.75, 3.05) is 0 Å². The van der Waals surface area contributed by atoms with Crippen molar-refractivity contribution in [2.45, 2.75) is 20.0 Å². The second-order valence-electron chi connectivity index (χ2n) is 5.27. The Bertz CT molecular complexity index is 789. The van der Waals surface area contributed by atoms with Crippen molar-refractivity contribution in [2.24, 2.45) is 0 Å². The zero-order valence-electron chi connectivity index (χ0n) is 13.7. The normalized spacial score (nSPS) is 11.3. The number of aryl methyl sites for hydroxylation is 1. The predicted octanol–water partition coefficient (Wildman–Crippen LogP) is 2.13. The Morgan fingerprint density at radius 2 is 1.72 bits per heavy atom. The molecule has 0 aliphatic heterocycles. The van der Waals surface area contributed by atoms with Gasteiger partial charge in [0.2, 0.25) is 0 Å². The molecule has 8 heteroatoms. The van der Waals surface area contributed by atoms with Crippen LogP contribution in [0.5, 0.6) is 5.75 Å².